The largest absolute Gasteiger partial charge is 0.444 e. The van der Waals surface area contributed by atoms with Crippen LogP contribution >= 0.6 is 0 Å². The third-order valence-corrected chi connectivity index (χ3v) is 5.67. The van der Waals surface area contributed by atoms with Crippen LogP contribution in [0.25, 0.3) is 5.82 Å². The Bertz CT molecular complexity index is 878. The summed E-state index contributed by atoms with van der Waals surface area (Å²) in [5.74, 6) is 0.726. The average Bonchev–Trinajstić information content (AvgIpc) is 3.11. The second-order valence-electron chi connectivity index (χ2n) is 8.93. The molecule has 2 aromatic heterocycles. The molecule has 1 saturated heterocycles. The van der Waals surface area contributed by atoms with Gasteiger partial charge >= 0.3 is 6.09 Å². The number of pyridine rings is 1. The molecule has 2 aromatic rings. The maximum atomic E-state index is 12.7. The highest BCUT2D eigenvalue weighted by atomic mass is 16.6. The van der Waals surface area contributed by atoms with E-state index in [1.165, 1.54) is 0 Å². The van der Waals surface area contributed by atoms with Gasteiger partial charge in [-0.15, -0.1) is 0 Å². The zero-order chi connectivity index (χ0) is 20.6. The molecule has 2 fully saturated rings. The monoisotopic (exact) mass is 397 g/mol. The van der Waals surface area contributed by atoms with Crippen LogP contribution in [0, 0.1) is 11.3 Å². The van der Waals surface area contributed by atoms with Crippen LogP contribution in [0.4, 0.5) is 10.5 Å². The zero-order valence-electron chi connectivity index (χ0n) is 17.1. The van der Waals surface area contributed by atoms with Crippen molar-refractivity contribution in [2.24, 2.45) is 11.3 Å². The maximum absolute atomic E-state index is 12.7. The van der Waals surface area contributed by atoms with E-state index in [2.05, 4.69) is 15.4 Å². The minimum atomic E-state index is -0.491. The highest BCUT2D eigenvalue weighted by Gasteiger charge is 2.58. The second-order valence-corrected chi connectivity index (χ2v) is 8.93. The minimum Gasteiger partial charge on any atom is -0.444 e. The van der Waals surface area contributed by atoms with Crippen molar-refractivity contribution in [1.29, 1.82) is 0 Å². The number of anilines is 1. The van der Waals surface area contributed by atoms with Crippen molar-refractivity contribution in [1.82, 2.24) is 19.7 Å². The Hall–Kier alpha value is -2.90. The highest BCUT2D eigenvalue weighted by molar-refractivity contribution is 5.95. The fourth-order valence-electron chi connectivity index (χ4n) is 3.96. The molecule has 1 aliphatic heterocycles. The van der Waals surface area contributed by atoms with E-state index < -0.39 is 5.60 Å². The molecule has 154 valence electrons. The molecular formula is C21H27N5O3. The van der Waals surface area contributed by atoms with Gasteiger partial charge in [0.15, 0.2) is 5.82 Å². The van der Waals surface area contributed by atoms with Crippen LogP contribution in [-0.2, 0) is 9.53 Å². The molecular weight excluding hydrogens is 370 g/mol. The first-order valence-electron chi connectivity index (χ1n) is 10.0. The second kappa shape index (κ2) is 7.17. The lowest BCUT2D eigenvalue weighted by molar-refractivity contribution is -0.118. The Morgan fingerprint density at radius 1 is 1.24 bits per heavy atom. The van der Waals surface area contributed by atoms with E-state index in [0.29, 0.717) is 24.6 Å². The Morgan fingerprint density at radius 2 is 2.00 bits per heavy atom. The number of carbonyl (C=O) groups is 2. The topological polar surface area (TPSA) is 89.4 Å². The Labute approximate surface area is 170 Å². The minimum absolute atomic E-state index is 0.00548. The lowest BCUT2D eigenvalue weighted by Crippen LogP contribution is -2.42. The SMILES string of the molecule is CC(C)(C)OC(=O)N1CCC2(CC1)CC2C(=O)Nc1ccc(-n2cccn2)nc1. The van der Waals surface area contributed by atoms with Crippen LogP contribution in [0.3, 0.4) is 0 Å². The lowest BCUT2D eigenvalue weighted by Gasteiger charge is -2.34. The van der Waals surface area contributed by atoms with Crippen molar-refractivity contribution < 1.29 is 14.3 Å². The van der Waals surface area contributed by atoms with Crippen LogP contribution in [0.5, 0.6) is 0 Å². The summed E-state index contributed by atoms with van der Waals surface area (Å²) >= 11 is 0. The maximum Gasteiger partial charge on any atom is 0.410 e. The summed E-state index contributed by atoms with van der Waals surface area (Å²) in [6.45, 7) is 6.88. The molecule has 1 atom stereocenters. The van der Waals surface area contributed by atoms with Crippen molar-refractivity contribution in [3.8, 4) is 5.82 Å². The summed E-state index contributed by atoms with van der Waals surface area (Å²) in [6.07, 6.45) is 7.43. The van der Waals surface area contributed by atoms with E-state index in [0.717, 1.165) is 19.3 Å². The molecule has 0 bridgehead atoms. The number of ether oxygens (including phenoxy) is 1. The fraction of sp³-hybridized carbons (Fsp3) is 0.524. The van der Waals surface area contributed by atoms with Gasteiger partial charge in [0.1, 0.15) is 5.60 Å². The van der Waals surface area contributed by atoms with E-state index in [9.17, 15) is 9.59 Å². The molecule has 3 heterocycles. The predicted octanol–water partition coefficient (Wildman–Crippen LogP) is 3.24. The highest BCUT2D eigenvalue weighted by Crippen LogP contribution is 2.59. The molecule has 1 unspecified atom stereocenters. The standard InChI is InChI=1S/C21H27N5O3/c1-20(2,3)29-19(28)25-11-7-21(8-12-25)13-16(21)18(27)24-15-5-6-17(22-14-15)26-10-4-9-23-26/h4-6,9-10,14,16H,7-8,11-13H2,1-3H3,(H,24,27). The number of piperidine rings is 1. The van der Waals surface area contributed by atoms with Gasteiger partial charge < -0.3 is 15.0 Å². The smallest absolute Gasteiger partial charge is 0.410 e. The van der Waals surface area contributed by atoms with Gasteiger partial charge in [-0.05, 0) is 63.6 Å². The lowest BCUT2D eigenvalue weighted by atomic mass is 9.91. The quantitative estimate of drug-likeness (QED) is 0.859. The number of carbonyl (C=O) groups excluding carboxylic acids is 2. The van der Waals surface area contributed by atoms with Gasteiger partial charge in [-0.25, -0.2) is 14.5 Å². The molecule has 1 aliphatic carbocycles. The van der Waals surface area contributed by atoms with Crippen molar-refractivity contribution in [2.75, 3.05) is 18.4 Å². The molecule has 8 nitrogen and oxygen atoms in total. The zero-order valence-corrected chi connectivity index (χ0v) is 17.1. The van der Waals surface area contributed by atoms with Gasteiger partial charge in [-0.3, -0.25) is 4.79 Å². The molecule has 1 N–H and O–H groups in total. The van der Waals surface area contributed by atoms with Crippen molar-refractivity contribution in [2.45, 2.75) is 45.6 Å². The van der Waals surface area contributed by atoms with Gasteiger partial charge in [-0.2, -0.15) is 5.10 Å². The van der Waals surface area contributed by atoms with E-state index in [-0.39, 0.29) is 23.3 Å². The van der Waals surface area contributed by atoms with Gasteiger partial charge in [0.05, 0.1) is 11.9 Å². The summed E-state index contributed by atoms with van der Waals surface area (Å²) in [5, 5.41) is 7.12. The number of nitrogens with zero attached hydrogens (tertiary/aromatic N) is 4. The molecule has 0 radical (unpaired) electrons. The third-order valence-electron chi connectivity index (χ3n) is 5.67. The van der Waals surface area contributed by atoms with Crippen molar-refractivity contribution >= 4 is 17.7 Å². The number of aromatic nitrogens is 3. The molecule has 2 amide bonds. The van der Waals surface area contributed by atoms with E-state index in [4.69, 9.17) is 4.74 Å². The number of rotatable bonds is 3. The number of hydrogen-bond donors (Lipinski definition) is 1. The molecule has 29 heavy (non-hydrogen) atoms. The molecule has 0 aromatic carbocycles. The molecule has 2 aliphatic rings. The number of nitrogens with one attached hydrogen (secondary N) is 1. The van der Waals surface area contributed by atoms with E-state index >= 15 is 0 Å². The van der Waals surface area contributed by atoms with E-state index in [1.54, 1.807) is 22.0 Å². The van der Waals surface area contributed by atoms with Crippen LogP contribution in [0.2, 0.25) is 0 Å². The molecule has 1 spiro atoms. The fourth-order valence-corrected chi connectivity index (χ4v) is 3.96. The summed E-state index contributed by atoms with van der Waals surface area (Å²) in [5.41, 5.74) is 0.208. The van der Waals surface area contributed by atoms with Crippen molar-refractivity contribution in [3.05, 3.63) is 36.8 Å². The number of amides is 2. The first kappa shape index (κ1) is 19.4. The summed E-state index contributed by atoms with van der Waals surface area (Å²) < 4.78 is 7.12. The Morgan fingerprint density at radius 3 is 2.59 bits per heavy atom. The summed E-state index contributed by atoms with van der Waals surface area (Å²) in [6, 6.07) is 5.49. The Balaban J connectivity index is 1.29. The molecule has 8 heteroatoms. The summed E-state index contributed by atoms with van der Waals surface area (Å²) in [4.78, 5) is 31.0. The van der Waals surface area contributed by atoms with Gasteiger partial charge in [0, 0.05) is 31.4 Å². The van der Waals surface area contributed by atoms with Crippen LogP contribution in [0.1, 0.15) is 40.0 Å². The number of likely N-dealkylation sites (tertiary alicyclic amines) is 1. The van der Waals surface area contributed by atoms with E-state index in [1.807, 2.05) is 45.2 Å². The first-order valence-corrected chi connectivity index (χ1v) is 10.0. The predicted molar refractivity (Wildman–Crippen MR) is 108 cm³/mol. The molecule has 1 saturated carbocycles. The van der Waals surface area contributed by atoms with Gasteiger partial charge in [0.2, 0.25) is 5.91 Å². The first-order chi connectivity index (χ1) is 13.8. The Kier molecular flexibility index (Phi) is 4.80. The van der Waals surface area contributed by atoms with Gasteiger partial charge in [0.25, 0.3) is 0 Å². The van der Waals surface area contributed by atoms with Crippen LogP contribution in [0.15, 0.2) is 36.8 Å². The normalized spacial score (nSPS) is 20.4. The number of hydrogen-bond acceptors (Lipinski definition) is 5. The molecule has 4 rings (SSSR count). The average molecular weight is 397 g/mol. The van der Waals surface area contributed by atoms with Crippen molar-refractivity contribution in [3.63, 3.8) is 0 Å². The van der Waals surface area contributed by atoms with Gasteiger partial charge in [-0.1, -0.05) is 0 Å². The third kappa shape index (κ3) is 4.26. The van der Waals surface area contributed by atoms with Crippen LogP contribution < -0.4 is 5.32 Å². The van der Waals surface area contributed by atoms with Crippen LogP contribution in [-0.4, -0.2) is 50.4 Å². The summed E-state index contributed by atoms with van der Waals surface area (Å²) in [7, 11) is 0.